The molecule has 1 aromatic heterocycles. The molecular formula is C15H17N3OS. The lowest BCUT2D eigenvalue weighted by molar-refractivity contribution is -0.113. The maximum absolute atomic E-state index is 11.8. The van der Waals surface area contributed by atoms with Gasteiger partial charge in [0.15, 0.2) is 5.82 Å². The van der Waals surface area contributed by atoms with Crippen molar-refractivity contribution in [3.05, 3.63) is 41.1 Å². The van der Waals surface area contributed by atoms with Crippen LogP contribution in [0.15, 0.2) is 29.2 Å². The van der Waals surface area contributed by atoms with Crippen LogP contribution in [-0.2, 0) is 17.6 Å². The molecule has 1 aromatic carbocycles. The zero-order valence-electron chi connectivity index (χ0n) is 11.4. The number of carbonyl (C=O) groups excluding carboxylic acids is 1. The van der Waals surface area contributed by atoms with E-state index < -0.39 is 0 Å². The number of anilines is 1. The lowest BCUT2D eigenvalue weighted by Crippen LogP contribution is -2.14. The molecule has 0 spiro atoms. The van der Waals surface area contributed by atoms with E-state index in [0.717, 1.165) is 5.69 Å². The molecule has 1 heterocycles. The average molecular weight is 287 g/mol. The van der Waals surface area contributed by atoms with Gasteiger partial charge in [-0.05, 0) is 49.4 Å². The molecule has 0 saturated heterocycles. The summed E-state index contributed by atoms with van der Waals surface area (Å²) in [7, 11) is 0. The fourth-order valence-corrected chi connectivity index (χ4v) is 3.21. The molecule has 0 atom stereocenters. The minimum atomic E-state index is -0.0259. The van der Waals surface area contributed by atoms with Gasteiger partial charge in [0.1, 0.15) is 0 Å². The van der Waals surface area contributed by atoms with Crippen molar-refractivity contribution < 1.29 is 4.79 Å². The lowest BCUT2D eigenvalue weighted by atomic mass is 10.1. The Kier molecular flexibility index (Phi) is 3.78. The Bertz CT molecular complexity index is 636. The van der Waals surface area contributed by atoms with E-state index in [0.29, 0.717) is 11.6 Å². The number of nitrogens with zero attached hydrogens (tertiary/aromatic N) is 1. The Hall–Kier alpha value is -1.75. The Morgan fingerprint density at radius 3 is 3.00 bits per heavy atom. The molecule has 2 aromatic rings. The molecule has 1 aliphatic rings. The number of aromatic nitrogens is 2. The number of amides is 1. The van der Waals surface area contributed by atoms with Crippen LogP contribution in [0.4, 0.5) is 5.82 Å². The van der Waals surface area contributed by atoms with Gasteiger partial charge < -0.3 is 5.32 Å². The number of aryl methyl sites for hydroxylation is 3. The van der Waals surface area contributed by atoms with Crippen molar-refractivity contribution in [2.45, 2.75) is 31.1 Å². The monoisotopic (exact) mass is 287 g/mol. The molecule has 4 nitrogen and oxygen atoms in total. The molecule has 1 amide bonds. The van der Waals surface area contributed by atoms with E-state index in [1.807, 2.05) is 13.0 Å². The fourth-order valence-electron chi connectivity index (χ4n) is 2.45. The number of hydrogen-bond acceptors (Lipinski definition) is 3. The van der Waals surface area contributed by atoms with Gasteiger partial charge in [0.25, 0.3) is 0 Å². The van der Waals surface area contributed by atoms with Crippen LogP contribution in [0.2, 0.25) is 0 Å². The van der Waals surface area contributed by atoms with E-state index in [-0.39, 0.29) is 5.91 Å². The SMILES string of the molecule is Cc1cc(NC(=O)CSc2ccc3c(c2)CCC3)n[nH]1. The molecule has 0 saturated carbocycles. The van der Waals surface area contributed by atoms with E-state index in [4.69, 9.17) is 0 Å². The van der Waals surface area contributed by atoms with Gasteiger partial charge >= 0.3 is 0 Å². The second-order valence-corrected chi connectivity index (χ2v) is 6.11. The Morgan fingerprint density at radius 2 is 2.20 bits per heavy atom. The van der Waals surface area contributed by atoms with Crippen LogP contribution in [-0.4, -0.2) is 21.9 Å². The molecule has 3 rings (SSSR count). The number of hydrogen-bond donors (Lipinski definition) is 2. The second kappa shape index (κ2) is 5.71. The highest BCUT2D eigenvalue weighted by Crippen LogP contribution is 2.27. The van der Waals surface area contributed by atoms with Crippen LogP contribution in [0.25, 0.3) is 0 Å². The highest BCUT2D eigenvalue weighted by Gasteiger charge is 2.12. The first kappa shape index (κ1) is 13.2. The zero-order valence-corrected chi connectivity index (χ0v) is 12.2. The van der Waals surface area contributed by atoms with Gasteiger partial charge in [0, 0.05) is 16.7 Å². The number of carbonyl (C=O) groups is 1. The van der Waals surface area contributed by atoms with Crippen molar-refractivity contribution in [2.75, 3.05) is 11.1 Å². The smallest absolute Gasteiger partial charge is 0.235 e. The third-order valence-corrected chi connectivity index (χ3v) is 4.41. The fraction of sp³-hybridized carbons (Fsp3) is 0.333. The Labute approximate surface area is 122 Å². The summed E-state index contributed by atoms with van der Waals surface area (Å²) in [5.41, 5.74) is 3.84. The van der Waals surface area contributed by atoms with Crippen molar-refractivity contribution in [1.29, 1.82) is 0 Å². The Morgan fingerprint density at radius 1 is 1.35 bits per heavy atom. The second-order valence-electron chi connectivity index (χ2n) is 5.06. The Balaban J connectivity index is 1.55. The van der Waals surface area contributed by atoms with E-state index in [2.05, 4.69) is 33.7 Å². The quantitative estimate of drug-likeness (QED) is 0.850. The van der Waals surface area contributed by atoms with Gasteiger partial charge in [0.05, 0.1) is 5.75 Å². The van der Waals surface area contributed by atoms with E-state index >= 15 is 0 Å². The van der Waals surface area contributed by atoms with Crippen LogP contribution in [0, 0.1) is 6.92 Å². The average Bonchev–Trinajstić information content (AvgIpc) is 3.04. The number of nitrogens with one attached hydrogen (secondary N) is 2. The van der Waals surface area contributed by atoms with Crippen LogP contribution in [0.5, 0.6) is 0 Å². The molecule has 5 heteroatoms. The number of aromatic amines is 1. The number of benzene rings is 1. The van der Waals surface area contributed by atoms with Gasteiger partial charge in [-0.2, -0.15) is 5.10 Å². The largest absolute Gasteiger partial charge is 0.308 e. The summed E-state index contributed by atoms with van der Waals surface area (Å²) in [5.74, 6) is 0.967. The first-order valence-electron chi connectivity index (χ1n) is 6.77. The highest BCUT2D eigenvalue weighted by molar-refractivity contribution is 8.00. The van der Waals surface area contributed by atoms with Gasteiger partial charge in [-0.25, -0.2) is 0 Å². The first-order valence-corrected chi connectivity index (χ1v) is 7.76. The highest BCUT2D eigenvalue weighted by atomic mass is 32.2. The molecule has 0 fully saturated rings. The van der Waals surface area contributed by atoms with Gasteiger partial charge in [0.2, 0.25) is 5.91 Å². The van der Waals surface area contributed by atoms with Crippen molar-refractivity contribution in [3.8, 4) is 0 Å². The van der Waals surface area contributed by atoms with Crippen LogP contribution >= 0.6 is 11.8 Å². The molecule has 104 valence electrons. The van der Waals surface area contributed by atoms with Gasteiger partial charge in [-0.15, -0.1) is 11.8 Å². The molecular weight excluding hydrogens is 270 g/mol. The van der Waals surface area contributed by atoms with E-state index in [1.165, 1.54) is 35.3 Å². The third-order valence-electron chi connectivity index (χ3n) is 3.41. The summed E-state index contributed by atoms with van der Waals surface area (Å²) < 4.78 is 0. The lowest BCUT2D eigenvalue weighted by Gasteiger charge is -2.05. The van der Waals surface area contributed by atoms with Gasteiger partial charge in [-0.1, -0.05) is 6.07 Å². The summed E-state index contributed by atoms with van der Waals surface area (Å²) in [6.45, 7) is 1.90. The first-order chi connectivity index (χ1) is 9.70. The predicted molar refractivity (Wildman–Crippen MR) is 81.1 cm³/mol. The van der Waals surface area contributed by atoms with Gasteiger partial charge in [-0.3, -0.25) is 9.89 Å². The minimum absolute atomic E-state index is 0.0259. The molecule has 0 bridgehead atoms. The molecule has 20 heavy (non-hydrogen) atoms. The van der Waals surface area contributed by atoms with Crippen LogP contribution in [0.3, 0.4) is 0 Å². The standard InChI is InChI=1S/C15H17N3OS/c1-10-7-14(18-17-10)16-15(19)9-20-13-6-5-11-3-2-4-12(11)8-13/h5-8H,2-4,9H2,1H3,(H2,16,17,18,19). The summed E-state index contributed by atoms with van der Waals surface area (Å²) in [6.07, 6.45) is 3.62. The topological polar surface area (TPSA) is 57.8 Å². The molecule has 0 aliphatic heterocycles. The normalized spacial score (nSPS) is 13.2. The summed E-state index contributed by atoms with van der Waals surface area (Å²) >= 11 is 1.57. The third kappa shape index (κ3) is 3.04. The van der Waals surface area contributed by atoms with Crippen molar-refractivity contribution in [1.82, 2.24) is 10.2 Å². The summed E-state index contributed by atoms with van der Waals surface area (Å²) in [4.78, 5) is 13.0. The van der Waals surface area contributed by atoms with E-state index in [9.17, 15) is 4.79 Å². The van der Waals surface area contributed by atoms with Crippen molar-refractivity contribution in [3.63, 3.8) is 0 Å². The molecule has 0 unspecified atom stereocenters. The minimum Gasteiger partial charge on any atom is -0.308 e. The number of thioether (sulfide) groups is 1. The number of rotatable bonds is 4. The van der Waals surface area contributed by atoms with E-state index in [1.54, 1.807) is 11.8 Å². The molecule has 1 aliphatic carbocycles. The molecule has 0 radical (unpaired) electrons. The zero-order chi connectivity index (χ0) is 13.9. The summed E-state index contributed by atoms with van der Waals surface area (Å²) in [6, 6.07) is 8.34. The number of H-pyrrole nitrogens is 1. The molecule has 2 N–H and O–H groups in total. The van der Waals surface area contributed by atoms with Crippen LogP contribution in [0.1, 0.15) is 23.2 Å². The maximum atomic E-state index is 11.8. The predicted octanol–water partition coefficient (Wildman–Crippen LogP) is 2.94. The van der Waals surface area contributed by atoms with Crippen LogP contribution < -0.4 is 5.32 Å². The van der Waals surface area contributed by atoms with Crippen molar-refractivity contribution in [2.24, 2.45) is 0 Å². The summed E-state index contributed by atoms with van der Waals surface area (Å²) in [5, 5.41) is 9.58. The maximum Gasteiger partial charge on any atom is 0.235 e. The van der Waals surface area contributed by atoms with Crippen molar-refractivity contribution >= 4 is 23.5 Å². The number of fused-ring (bicyclic) bond motifs is 1.